The van der Waals surface area contributed by atoms with Crippen molar-refractivity contribution in [2.75, 3.05) is 18.5 Å². The van der Waals surface area contributed by atoms with Crippen LogP contribution >= 0.6 is 0 Å². The Labute approximate surface area is 165 Å². The summed E-state index contributed by atoms with van der Waals surface area (Å²) in [6.45, 7) is 8.46. The number of hydrogen-bond acceptors (Lipinski definition) is 4. The summed E-state index contributed by atoms with van der Waals surface area (Å²) in [4.78, 5) is 27.1. The highest BCUT2D eigenvalue weighted by atomic mass is 16.5. The number of benzene rings is 2. The molecule has 0 saturated carbocycles. The van der Waals surface area contributed by atoms with Crippen molar-refractivity contribution in [1.82, 2.24) is 4.90 Å². The third-order valence-electron chi connectivity index (χ3n) is 4.38. The monoisotopic (exact) mass is 376 g/mol. The lowest BCUT2D eigenvalue weighted by atomic mass is 10.0. The molecule has 0 bridgehead atoms. The molecule has 0 radical (unpaired) electrons. The van der Waals surface area contributed by atoms with Crippen LogP contribution in [-0.4, -0.2) is 29.9 Å². The number of imide groups is 1. The zero-order valence-corrected chi connectivity index (χ0v) is 16.2. The zero-order valence-electron chi connectivity index (χ0n) is 16.2. The molecule has 2 aromatic carbocycles. The molecule has 0 atom stereocenters. The lowest BCUT2D eigenvalue weighted by Crippen LogP contribution is -2.32. The molecule has 0 aromatic heterocycles. The molecule has 1 heterocycles. The van der Waals surface area contributed by atoms with Gasteiger partial charge in [0.15, 0.2) is 0 Å². The SMILES string of the molecule is C=CCN1C(=O)C(Nc2cccc(C)c2)=C(c2ccc(OCCC)cc2)C1=O. The van der Waals surface area contributed by atoms with Crippen molar-refractivity contribution >= 4 is 23.1 Å². The smallest absolute Gasteiger partial charge is 0.278 e. The van der Waals surface area contributed by atoms with Gasteiger partial charge >= 0.3 is 0 Å². The van der Waals surface area contributed by atoms with Crippen LogP contribution in [0.15, 0.2) is 66.9 Å². The molecule has 1 N–H and O–H groups in total. The lowest BCUT2D eigenvalue weighted by Gasteiger charge is -2.12. The van der Waals surface area contributed by atoms with E-state index < -0.39 is 0 Å². The van der Waals surface area contributed by atoms with Gasteiger partial charge in [-0.2, -0.15) is 0 Å². The van der Waals surface area contributed by atoms with E-state index in [-0.39, 0.29) is 24.1 Å². The van der Waals surface area contributed by atoms with Gasteiger partial charge in [-0.1, -0.05) is 37.3 Å². The Hall–Kier alpha value is -3.34. The number of aryl methyl sites for hydroxylation is 1. The second-order valence-electron chi connectivity index (χ2n) is 6.63. The van der Waals surface area contributed by atoms with Gasteiger partial charge in [0.1, 0.15) is 11.4 Å². The van der Waals surface area contributed by atoms with Crippen LogP contribution in [0.3, 0.4) is 0 Å². The van der Waals surface area contributed by atoms with Crippen molar-refractivity contribution in [3.05, 3.63) is 78.0 Å². The van der Waals surface area contributed by atoms with Crippen molar-refractivity contribution < 1.29 is 14.3 Å². The van der Waals surface area contributed by atoms with Gasteiger partial charge in [-0.15, -0.1) is 6.58 Å². The topological polar surface area (TPSA) is 58.6 Å². The predicted octanol–water partition coefficient (Wildman–Crippen LogP) is 4.16. The zero-order chi connectivity index (χ0) is 20.1. The molecule has 5 nitrogen and oxygen atoms in total. The van der Waals surface area contributed by atoms with Gasteiger partial charge in [0, 0.05) is 12.2 Å². The normalized spacial score (nSPS) is 13.9. The van der Waals surface area contributed by atoms with E-state index in [4.69, 9.17) is 4.74 Å². The maximum Gasteiger partial charge on any atom is 0.278 e. The van der Waals surface area contributed by atoms with Crippen LogP contribution in [0.25, 0.3) is 5.57 Å². The van der Waals surface area contributed by atoms with Gasteiger partial charge in [-0.25, -0.2) is 0 Å². The van der Waals surface area contributed by atoms with Crippen molar-refractivity contribution in [3.63, 3.8) is 0 Å². The number of nitrogens with one attached hydrogen (secondary N) is 1. The molecule has 0 fully saturated rings. The van der Waals surface area contributed by atoms with E-state index in [0.717, 1.165) is 23.4 Å². The quantitative estimate of drug-likeness (QED) is 0.555. The molecule has 1 aliphatic rings. The summed E-state index contributed by atoms with van der Waals surface area (Å²) >= 11 is 0. The van der Waals surface area contributed by atoms with Crippen LogP contribution in [0.2, 0.25) is 0 Å². The van der Waals surface area contributed by atoms with Crippen molar-refractivity contribution in [3.8, 4) is 5.75 Å². The average Bonchev–Trinajstić information content (AvgIpc) is 2.91. The second-order valence-corrected chi connectivity index (χ2v) is 6.63. The van der Waals surface area contributed by atoms with Gasteiger partial charge in [-0.05, 0) is 48.7 Å². The van der Waals surface area contributed by atoms with Crippen LogP contribution in [0.4, 0.5) is 5.69 Å². The van der Waals surface area contributed by atoms with Crippen LogP contribution in [0.1, 0.15) is 24.5 Å². The van der Waals surface area contributed by atoms with Crippen molar-refractivity contribution in [2.24, 2.45) is 0 Å². The summed E-state index contributed by atoms with van der Waals surface area (Å²) in [5.41, 5.74) is 3.13. The minimum absolute atomic E-state index is 0.165. The van der Waals surface area contributed by atoms with Gasteiger partial charge < -0.3 is 10.1 Å². The molecule has 2 amide bonds. The Morgan fingerprint density at radius 2 is 1.86 bits per heavy atom. The van der Waals surface area contributed by atoms with Crippen molar-refractivity contribution in [1.29, 1.82) is 0 Å². The Kier molecular flexibility index (Phi) is 5.94. The molecule has 3 rings (SSSR count). The molecule has 5 heteroatoms. The number of ether oxygens (including phenoxy) is 1. The first kappa shape index (κ1) is 19.4. The Bertz CT molecular complexity index is 929. The largest absolute Gasteiger partial charge is 0.494 e. The van der Waals surface area contributed by atoms with E-state index in [9.17, 15) is 9.59 Å². The summed E-state index contributed by atoms with van der Waals surface area (Å²) in [5, 5.41) is 3.15. The molecule has 0 unspecified atom stereocenters. The number of amides is 2. The van der Waals surface area contributed by atoms with Crippen LogP contribution < -0.4 is 10.1 Å². The van der Waals surface area contributed by atoms with E-state index in [1.807, 2.05) is 50.2 Å². The second kappa shape index (κ2) is 8.57. The van der Waals surface area contributed by atoms with E-state index in [0.29, 0.717) is 17.7 Å². The molecule has 0 saturated heterocycles. The summed E-state index contributed by atoms with van der Waals surface area (Å²) < 4.78 is 5.61. The summed E-state index contributed by atoms with van der Waals surface area (Å²) in [6, 6.07) is 14.9. The number of rotatable bonds is 8. The Morgan fingerprint density at radius 1 is 1.11 bits per heavy atom. The van der Waals surface area contributed by atoms with E-state index in [2.05, 4.69) is 11.9 Å². The number of carbonyl (C=O) groups excluding carboxylic acids is 2. The van der Waals surface area contributed by atoms with Gasteiger partial charge in [0.2, 0.25) is 0 Å². The molecular formula is C23H24N2O3. The van der Waals surface area contributed by atoms with E-state index >= 15 is 0 Å². The van der Waals surface area contributed by atoms with Gasteiger partial charge in [0.25, 0.3) is 11.8 Å². The maximum absolute atomic E-state index is 13.0. The molecular weight excluding hydrogens is 352 g/mol. The molecule has 28 heavy (non-hydrogen) atoms. The molecule has 0 spiro atoms. The molecule has 0 aliphatic carbocycles. The molecule has 2 aromatic rings. The van der Waals surface area contributed by atoms with Gasteiger partial charge in [0.05, 0.1) is 12.2 Å². The Balaban J connectivity index is 2.00. The fourth-order valence-corrected chi connectivity index (χ4v) is 3.06. The highest BCUT2D eigenvalue weighted by Gasteiger charge is 2.38. The highest BCUT2D eigenvalue weighted by Crippen LogP contribution is 2.31. The number of anilines is 1. The highest BCUT2D eigenvalue weighted by molar-refractivity contribution is 6.36. The minimum Gasteiger partial charge on any atom is -0.494 e. The number of nitrogens with zero attached hydrogens (tertiary/aromatic N) is 1. The fourth-order valence-electron chi connectivity index (χ4n) is 3.06. The molecule has 144 valence electrons. The number of hydrogen-bond donors (Lipinski definition) is 1. The molecule has 1 aliphatic heterocycles. The first-order valence-electron chi connectivity index (χ1n) is 9.33. The summed E-state index contributed by atoms with van der Waals surface area (Å²) in [7, 11) is 0. The lowest BCUT2D eigenvalue weighted by molar-refractivity contribution is -0.136. The van der Waals surface area contributed by atoms with Crippen LogP contribution in [0, 0.1) is 6.92 Å². The maximum atomic E-state index is 13.0. The van der Waals surface area contributed by atoms with Crippen LogP contribution in [0.5, 0.6) is 5.75 Å². The fraction of sp³-hybridized carbons (Fsp3) is 0.217. The van der Waals surface area contributed by atoms with Crippen LogP contribution in [-0.2, 0) is 9.59 Å². The van der Waals surface area contributed by atoms with E-state index in [1.54, 1.807) is 18.2 Å². The third-order valence-corrected chi connectivity index (χ3v) is 4.38. The Morgan fingerprint density at radius 3 is 2.50 bits per heavy atom. The summed E-state index contributed by atoms with van der Waals surface area (Å²) in [5.74, 6) is 0.0501. The first-order chi connectivity index (χ1) is 13.5. The average molecular weight is 376 g/mol. The van der Waals surface area contributed by atoms with E-state index in [1.165, 1.54) is 4.90 Å². The third kappa shape index (κ3) is 3.98. The number of carbonyl (C=O) groups is 2. The first-order valence-corrected chi connectivity index (χ1v) is 9.33. The minimum atomic E-state index is -0.354. The van der Waals surface area contributed by atoms with Gasteiger partial charge in [-0.3, -0.25) is 14.5 Å². The predicted molar refractivity (Wildman–Crippen MR) is 111 cm³/mol. The standard InChI is InChI=1S/C23H24N2O3/c1-4-13-25-22(26)20(17-9-11-19(12-10-17)28-14-5-2)21(23(25)27)24-18-8-6-7-16(3)15-18/h4,6-12,15,24H,1,5,13-14H2,2-3H3. The summed E-state index contributed by atoms with van der Waals surface area (Å²) in [6.07, 6.45) is 2.46. The van der Waals surface area contributed by atoms with Crippen molar-refractivity contribution in [2.45, 2.75) is 20.3 Å².